The third-order valence-electron chi connectivity index (χ3n) is 4.97. The van der Waals surface area contributed by atoms with Gasteiger partial charge in [-0.3, -0.25) is 4.79 Å². The number of hydrogen-bond donors (Lipinski definition) is 0. The van der Waals surface area contributed by atoms with E-state index in [0.29, 0.717) is 31.6 Å². The highest BCUT2D eigenvalue weighted by atomic mass is 16.6. The van der Waals surface area contributed by atoms with Crippen LogP contribution in [-0.2, 0) is 4.74 Å². The normalized spacial score (nSPS) is 22.2. The second-order valence-corrected chi connectivity index (χ2v) is 7.02. The van der Waals surface area contributed by atoms with Crippen LogP contribution in [0.15, 0.2) is 36.4 Å². The summed E-state index contributed by atoms with van der Waals surface area (Å²) < 4.78 is 5.50. The first-order chi connectivity index (χ1) is 12.5. The van der Waals surface area contributed by atoms with E-state index in [1.54, 1.807) is 29.0 Å². The number of benzene rings is 1. The molecule has 1 aromatic carbocycles. The molecule has 2 aromatic rings. The fourth-order valence-electron chi connectivity index (χ4n) is 3.54. The summed E-state index contributed by atoms with van der Waals surface area (Å²) in [6, 6.07) is 11.2. The van der Waals surface area contributed by atoms with Crippen LogP contribution in [0.1, 0.15) is 22.5 Å². The molecule has 1 aromatic heterocycles. The lowest BCUT2D eigenvalue weighted by molar-refractivity contribution is 0.0553. The highest BCUT2D eigenvalue weighted by Gasteiger charge is 2.49. The van der Waals surface area contributed by atoms with Gasteiger partial charge in [-0.15, -0.1) is 0 Å². The monoisotopic (exact) mass is 352 g/mol. The molecule has 2 aliphatic heterocycles. The molecule has 7 nitrogen and oxygen atoms in total. The van der Waals surface area contributed by atoms with Crippen LogP contribution in [0.2, 0.25) is 0 Å². The van der Waals surface area contributed by atoms with Crippen molar-refractivity contribution in [3.05, 3.63) is 47.7 Å². The van der Waals surface area contributed by atoms with Gasteiger partial charge in [-0.05, 0) is 31.2 Å². The number of rotatable bonds is 2. The number of nitrogens with zero attached hydrogens (tertiary/aromatic N) is 4. The van der Waals surface area contributed by atoms with Gasteiger partial charge in [0.05, 0.1) is 24.5 Å². The summed E-state index contributed by atoms with van der Waals surface area (Å²) in [5.74, 6) is -0.0472. The van der Waals surface area contributed by atoms with E-state index in [0.717, 1.165) is 17.0 Å². The average Bonchev–Trinajstić information content (AvgIpc) is 3.17. The quantitative estimate of drug-likeness (QED) is 0.827. The predicted molar refractivity (Wildman–Crippen MR) is 94.6 cm³/mol. The number of aromatic nitrogens is 2. The van der Waals surface area contributed by atoms with Crippen molar-refractivity contribution in [1.29, 1.82) is 0 Å². The first-order valence-electron chi connectivity index (χ1n) is 8.60. The smallest absolute Gasteiger partial charge is 0.410 e. The largest absolute Gasteiger partial charge is 0.439 e. The maximum Gasteiger partial charge on any atom is 0.410 e. The molecule has 1 spiro atoms. The topological polar surface area (TPSA) is 75.6 Å². The maximum absolute atomic E-state index is 12.8. The van der Waals surface area contributed by atoms with Crippen LogP contribution in [0, 0.1) is 6.92 Å². The van der Waals surface area contributed by atoms with E-state index in [1.165, 1.54) is 0 Å². The van der Waals surface area contributed by atoms with E-state index in [2.05, 4.69) is 10.2 Å². The second-order valence-electron chi connectivity index (χ2n) is 7.02. The summed E-state index contributed by atoms with van der Waals surface area (Å²) in [4.78, 5) is 27.8. The lowest BCUT2D eigenvalue weighted by atomic mass is 10.0. The van der Waals surface area contributed by atoms with Crippen molar-refractivity contribution in [3.63, 3.8) is 0 Å². The molecule has 0 aliphatic carbocycles. The summed E-state index contributed by atoms with van der Waals surface area (Å²) in [7, 11) is 1.72. The van der Waals surface area contributed by atoms with Crippen LogP contribution >= 0.6 is 0 Å². The van der Waals surface area contributed by atoms with E-state index in [9.17, 15) is 9.59 Å². The first-order valence-corrected chi connectivity index (χ1v) is 8.60. The molecule has 0 saturated carbocycles. The van der Waals surface area contributed by atoms with Gasteiger partial charge in [0.25, 0.3) is 5.91 Å². The van der Waals surface area contributed by atoms with Crippen molar-refractivity contribution in [2.45, 2.75) is 18.9 Å². The Balaban J connectivity index is 1.47. The van der Waals surface area contributed by atoms with Crippen molar-refractivity contribution < 1.29 is 14.3 Å². The van der Waals surface area contributed by atoms with Crippen molar-refractivity contribution >= 4 is 12.0 Å². The van der Waals surface area contributed by atoms with E-state index < -0.39 is 5.60 Å². The third kappa shape index (κ3) is 2.89. The van der Waals surface area contributed by atoms with Gasteiger partial charge < -0.3 is 14.5 Å². The van der Waals surface area contributed by atoms with Gasteiger partial charge in [-0.1, -0.05) is 12.1 Å². The molecule has 3 heterocycles. The van der Waals surface area contributed by atoms with Crippen LogP contribution in [-0.4, -0.2) is 64.3 Å². The number of carbonyl (C=O) groups is 2. The average molecular weight is 352 g/mol. The molecule has 1 unspecified atom stereocenters. The number of likely N-dealkylation sites (tertiary alicyclic amines) is 1. The van der Waals surface area contributed by atoms with Gasteiger partial charge in [-0.2, -0.15) is 10.2 Å². The summed E-state index contributed by atoms with van der Waals surface area (Å²) in [6.07, 6.45) is 0.356. The lowest BCUT2D eigenvalue weighted by Gasteiger charge is -2.21. The molecule has 2 amide bonds. The van der Waals surface area contributed by atoms with Crippen LogP contribution in [0.25, 0.3) is 11.3 Å². The van der Waals surface area contributed by atoms with E-state index in [1.807, 2.05) is 31.2 Å². The molecule has 0 N–H and O–H groups in total. The van der Waals surface area contributed by atoms with Gasteiger partial charge in [0.1, 0.15) is 0 Å². The Labute approximate surface area is 151 Å². The SMILES string of the molecule is Cc1ccc(-c2ccc(C(=O)N3CCC4(CN(C)C(=O)O4)C3)cc2)nn1. The minimum absolute atomic E-state index is 0.0472. The van der Waals surface area contributed by atoms with Crippen molar-refractivity contribution in [3.8, 4) is 11.3 Å². The summed E-state index contributed by atoms with van der Waals surface area (Å²) in [5, 5.41) is 8.22. The van der Waals surface area contributed by atoms with Gasteiger partial charge in [0.2, 0.25) is 0 Å². The number of carbonyl (C=O) groups excluding carboxylic acids is 2. The Bertz CT molecular complexity index is 850. The van der Waals surface area contributed by atoms with Crippen LogP contribution < -0.4 is 0 Å². The lowest BCUT2D eigenvalue weighted by Crippen LogP contribution is -2.39. The molecule has 2 fully saturated rings. The van der Waals surface area contributed by atoms with Crippen LogP contribution in [0.5, 0.6) is 0 Å². The number of likely N-dealkylation sites (N-methyl/N-ethyl adjacent to an activating group) is 1. The molecule has 4 rings (SSSR count). The van der Waals surface area contributed by atoms with Crippen molar-refractivity contribution in [2.24, 2.45) is 0 Å². The summed E-state index contributed by atoms with van der Waals surface area (Å²) in [6.45, 7) is 3.44. The fraction of sp³-hybridized carbons (Fsp3) is 0.368. The Morgan fingerprint density at radius 2 is 1.88 bits per heavy atom. The molecule has 26 heavy (non-hydrogen) atoms. The first kappa shape index (κ1) is 16.5. The van der Waals surface area contributed by atoms with Crippen molar-refractivity contribution in [1.82, 2.24) is 20.0 Å². The van der Waals surface area contributed by atoms with E-state index in [-0.39, 0.29) is 12.0 Å². The molecule has 134 valence electrons. The highest BCUT2D eigenvalue weighted by molar-refractivity contribution is 5.95. The number of aryl methyl sites for hydroxylation is 1. The van der Waals surface area contributed by atoms with Crippen LogP contribution in [0.4, 0.5) is 4.79 Å². The Morgan fingerprint density at radius 1 is 1.12 bits per heavy atom. The third-order valence-corrected chi connectivity index (χ3v) is 4.97. The molecule has 2 aliphatic rings. The minimum Gasteiger partial charge on any atom is -0.439 e. The number of hydrogen-bond acceptors (Lipinski definition) is 5. The minimum atomic E-state index is -0.557. The Kier molecular flexibility index (Phi) is 3.86. The molecular formula is C19H20N4O3. The maximum atomic E-state index is 12.8. The molecule has 1 atom stereocenters. The number of amides is 2. The second kappa shape index (κ2) is 6.09. The summed E-state index contributed by atoms with van der Waals surface area (Å²) >= 11 is 0. The van der Waals surface area contributed by atoms with Crippen molar-refractivity contribution in [2.75, 3.05) is 26.7 Å². The zero-order valence-corrected chi connectivity index (χ0v) is 14.8. The summed E-state index contributed by atoms with van der Waals surface area (Å²) in [5.41, 5.74) is 2.61. The van der Waals surface area contributed by atoms with Crippen LogP contribution in [0.3, 0.4) is 0 Å². The molecule has 7 heteroatoms. The Morgan fingerprint density at radius 3 is 2.50 bits per heavy atom. The molecule has 0 bridgehead atoms. The Hall–Kier alpha value is -2.96. The van der Waals surface area contributed by atoms with Gasteiger partial charge >= 0.3 is 6.09 Å². The molecule has 2 saturated heterocycles. The fourth-order valence-corrected chi connectivity index (χ4v) is 3.54. The zero-order chi connectivity index (χ0) is 18.3. The zero-order valence-electron chi connectivity index (χ0n) is 14.8. The highest BCUT2D eigenvalue weighted by Crippen LogP contribution is 2.32. The molecular weight excluding hydrogens is 332 g/mol. The van der Waals surface area contributed by atoms with Gasteiger partial charge in [-0.25, -0.2) is 4.79 Å². The molecule has 0 radical (unpaired) electrons. The van der Waals surface area contributed by atoms with Gasteiger partial charge in [0, 0.05) is 31.1 Å². The van der Waals surface area contributed by atoms with E-state index in [4.69, 9.17) is 4.74 Å². The van der Waals surface area contributed by atoms with E-state index >= 15 is 0 Å². The number of ether oxygens (including phenoxy) is 1. The predicted octanol–water partition coefficient (Wildman–Crippen LogP) is 2.12. The van der Waals surface area contributed by atoms with Gasteiger partial charge in [0.15, 0.2) is 5.60 Å². The standard InChI is InChI=1S/C19H20N4O3/c1-13-3-8-16(21-20-13)14-4-6-15(7-5-14)17(24)23-10-9-19(12-23)11-22(2)18(25)26-19/h3-8H,9-12H2,1-2H3.